The van der Waals surface area contributed by atoms with E-state index in [-0.39, 0.29) is 11.7 Å². The van der Waals surface area contributed by atoms with Crippen LogP contribution in [0.3, 0.4) is 0 Å². The molecule has 0 aliphatic rings. The molecular weight excluding hydrogens is 280 g/mol. The number of ether oxygens (including phenoxy) is 1. The van der Waals surface area contributed by atoms with Crippen molar-refractivity contribution in [3.05, 3.63) is 54.1 Å². The first-order valence-corrected chi connectivity index (χ1v) is 6.91. The zero-order chi connectivity index (χ0) is 16.1. The Morgan fingerprint density at radius 3 is 1.95 bits per heavy atom. The normalized spacial score (nSPS) is 11.6. The molecule has 0 aliphatic heterocycles. The first-order chi connectivity index (χ1) is 10.5. The molecule has 0 saturated heterocycles. The van der Waals surface area contributed by atoms with Crippen LogP contribution >= 0.6 is 0 Å². The molecule has 114 valence electrons. The fraction of sp³-hybridized carbons (Fsp3) is 0.176. The molecule has 1 unspecified atom stereocenters. The van der Waals surface area contributed by atoms with Gasteiger partial charge in [0.05, 0.1) is 6.04 Å². The van der Waals surface area contributed by atoms with E-state index in [9.17, 15) is 9.59 Å². The van der Waals surface area contributed by atoms with E-state index in [2.05, 4.69) is 5.32 Å². The molecule has 0 radical (unpaired) electrons. The monoisotopic (exact) mass is 298 g/mol. The van der Waals surface area contributed by atoms with Crippen LogP contribution in [-0.4, -0.2) is 17.7 Å². The number of rotatable bonds is 5. The van der Waals surface area contributed by atoms with E-state index in [0.29, 0.717) is 22.7 Å². The second-order valence-electron chi connectivity index (χ2n) is 4.98. The number of carbonyl (C=O) groups excluding carboxylic acids is 2. The van der Waals surface area contributed by atoms with Crippen LogP contribution in [0.4, 0.5) is 5.69 Å². The third kappa shape index (κ3) is 4.17. The minimum atomic E-state index is -0.560. The van der Waals surface area contributed by atoms with Crippen molar-refractivity contribution >= 4 is 17.4 Å². The van der Waals surface area contributed by atoms with Gasteiger partial charge in [0.1, 0.15) is 11.5 Å². The molecule has 0 spiro atoms. The number of carbonyl (C=O) groups is 2. The summed E-state index contributed by atoms with van der Waals surface area (Å²) in [5.74, 6) is 1.04. The number of hydrogen-bond donors (Lipinski definition) is 2. The highest BCUT2D eigenvalue weighted by molar-refractivity contribution is 5.94. The average molecular weight is 298 g/mol. The van der Waals surface area contributed by atoms with Crippen LogP contribution < -0.4 is 15.8 Å². The third-order valence-corrected chi connectivity index (χ3v) is 3.03. The predicted octanol–water partition coefficient (Wildman–Crippen LogP) is 2.97. The van der Waals surface area contributed by atoms with E-state index in [1.54, 1.807) is 55.5 Å². The van der Waals surface area contributed by atoms with Gasteiger partial charge in [-0.1, -0.05) is 0 Å². The first kappa shape index (κ1) is 15.7. The largest absolute Gasteiger partial charge is 0.457 e. The van der Waals surface area contributed by atoms with Gasteiger partial charge in [-0.2, -0.15) is 0 Å². The van der Waals surface area contributed by atoms with Crippen LogP contribution in [0, 0.1) is 0 Å². The maximum atomic E-state index is 11.5. The molecule has 2 rings (SSSR count). The molecule has 5 nitrogen and oxygen atoms in total. The van der Waals surface area contributed by atoms with Gasteiger partial charge in [-0.15, -0.1) is 0 Å². The lowest BCUT2D eigenvalue weighted by molar-refractivity contribution is -0.117. The minimum Gasteiger partial charge on any atom is -0.457 e. The highest BCUT2D eigenvalue weighted by atomic mass is 16.5. The quantitative estimate of drug-likeness (QED) is 0.831. The van der Waals surface area contributed by atoms with Gasteiger partial charge in [0.2, 0.25) is 5.91 Å². The zero-order valence-electron chi connectivity index (χ0n) is 12.5. The van der Waals surface area contributed by atoms with Gasteiger partial charge in [0.15, 0.2) is 5.78 Å². The highest BCUT2D eigenvalue weighted by Gasteiger charge is 2.07. The van der Waals surface area contributed by atoms with E-state index in [1.807, 2.05) is 0 Å². The second-order valence-corrected chi connectivity index (χ2v) is 4.98. The summed E-state index contributed by atoms with van der Waals surface area (Å²) in [4.78, 5) is 22.7. The van der Waals surface area contributed by atoms with Crippen LogP contribution in [-0.2, 0) is 4.79 Å². The number of nitrogens with one attached hydrogen (secondary N) is 1. The van der Waals surface area contributed by atoms with Gasteiger partial charge < -0.3 is 15.8 Å². The number of hydrogen-bond acceptors (Lipinski definition) is 4. The fourth-order valence-corrected chi connectivity index (χ4v) is 1.76. The second kappa shape index (κ2) is 6.87. The van der Waals surface area contributed by atoms with Gasteiger partial charge in [0.25, 0.3) is 0 Å². The van der Waals surface area contributed by atoms with Crippen molar-refractivity contribution in [3.63, 3.8) is 0 Å². The van der Waals surface area contributed by atoms with Crippen LogP contribution in [0.1, 0.15) is 24.2 Å². The molecule has 2 aromatic rings. The molecule has 0 saturated carbocycles. The molecule has 1 amide bonds. The molecule has 0 bridgehead atoms. The van der Waals surface area contributed by atoms with Gasteiger partial charge in [-0.05, 0) is 62.4 Å². The van der Waals surface area contributed by atoms with E-state index < -0.39 is 6.04 Å². The molecule has 5 heteroatoms. The zero-order valence-corrected chi connectivity index (χ0v) is 12.5. The SMILES string of the molecule is CC(=O)c1ccc(Oc2ccc(NC(=O)C(C)N)cc2)cc1. The van der Waals surface area contributed by atoms with Crippen molar-refractivity contribution in [1.29, 1.82) is 0 Å². The number of benzene rings is 2. The number of amides is 1. The average Bonchev–Trinajstić information content (AvgIpc) is 2.49. The smallest absolute Gasteiger partial charge is 0.240 e. The fourth-order valence-electron chi connectivity index (χ4n) is 1.76. The first-order valence-electron chi connectivity index (χ1n) is 6.91. The number of ketones is 1. The summed E-state index contributed by atoms with van der Waals surface area (Å²) in [6, 6.07) is 13.3. The van der Waals surface area contributed by atoms with Crippen LogP contribution in [0.15, 0.2) is 48.5 Å². The minimum absolute atomic E-state index is 0.0146. The summed E-state index contributed by atoms with van der Waals surface area (Å²) in [6.45, 7) is 3.14. The summed E-state index contributed by atoms with van der Waals surface area (Å²) >= 11 is 0. The summed E-state index contributed by atoms with van der Waals surface area (Å²) in [7, 11) is 0. The Bertz CT molecular complexity index is 661. The standard InChI is InChI=1S/C17H18N2O3/c1-11(18)17(21)19-14-5-9-16(10-6-14)22-15-7-3-13(4-8-15)12(2)20/h3-11H,18H2,1-2H3,(H,19,21). The van der Waals surface area contributed by atoms with Gasteiger partial charge in [-0.25, -0.2) is 0 Å². The van der Waals surface area contributed by atoms with Gasteiger partial charge >= 0.3 is 0 Å². The summed E-state index contributed by atoms with van der Waals surface area (Å²) in [5, 5.41) is 2.70. The van der Waals surface area contributed by atoms with Crippen molar-refractivity contribution in [3.8, 4) is 11.5 Å². The molecule has 22 heavy (non-hydrogen) atoms. The Hall–Kier alpha value is -2.66. The van der Waals surface area contributed by atoms with Crippen molar-refractivity contribution in [2.75, 3.05) is 5.32 Å². The molecule has 0 heterocycles. The molecule has 1 atom stereocenters. The lowest BCUT2D eigenvalue weighted by Gasteiger charge is -2.09. The van der Waals surface area contributed by atoms with E-state index in [1.165, 1.54) is 6.92 Å². The maximum Gasteiger partial charge on any atom is 0.240 e. The Labute approximate surface area is 129 Å². The Morgan fingerprint density at radius 1 is 1.00 bits per heavy atom. The summed E-state index contributed by atoms with van der Waals surface area (Å²) in [5.41, 5.74) is 6.78. The Kier molecular flexibility index (Phi) is 4.91. The number of nitrogens with two attached hydrogens (primary N) is 1. The van der Waals surface area contributed by atoms with E-state index >= 15 is 0 Å². The Balaban J connectivity index is 2.01. The summed E-state index contributed by atoms with van der Waals surface area (Å²) in [6.07, 6.45) is 0. The topological polar surface area (TPSA) is 81.4 Å². The maximum absolute atomic E-state index is 11.5. The van der Waals surface area contributed by atoms with Crippen LogP contribution in [0.25, 0.3) is 0 Å². The predicted molar refractivity (Wildman–Crippen MR) is 85.2 cm³/mol. The number of Topliss-reactive ketones (excluding diaryl/α,β-unsaturated/α-hetero) is 1. The summed E-state index contributed by atoms with van der Waals surface area (Å²) < 4.78 is 5.67. The van der Waals surface area contributed by atoms with E-state index in [0.717, 1.165) is 0 Å². The number of anilines is 1. The van der Waals surface area contributed by atoms with Gasteiger partial charge in [0, 0.05) is 11.3 Å². The van der Waals surface area contributed by atoms with Crippen LogP contribution in [0.2, 0.25) is 0 Å². The molecule has 0 fully saturated rings. The molecule has 0 aliphatic carbocycles. The molecule has 0 aromatic heterocycles. The van der Waals surface area contributed by atoms with Crippen LogP contribution in [0.5, 0.6) is 11.5 Å². The Morgan fingerprint density at radius 2 is 1.50 bits per heavy atom. The third-order valence-electron chi connectivity index (χ3n) is 3.03. The molecule has 2 aromatic carbocycles. The van der Waals surface area contributed by atoms with Crippen molar-refractivity contribution in [1.82, 2.24) is 0 Å². The van der Waals surface area contributed by atoms with E-state index in [4.69, 9.17) is 10.5 Å². The van der Waals surface area contributed by atoms with Crippen molar-refractivity contribution in [2.45, 2.75) is 19.9 Å². The lowest BCUT2D eigenvalue weighted by atomic mass is 10.1. The van der Waals surface area contributed by atoms with Gasteiger partial charge in [-0.3, -0.25) is 9.59 Å². The molecular formula is C17H18N2O3. The lowest BCUT2D eigenvalue weighted by Crippen LogP contribution is -2.32. The molecule has 3 N–H and O–H groups in total. The van der Waals surface area contributed by atoms with Crippen molar-refractivity contribution in [2.24, 2.45) is 5.73 Å². The van der Waals surface area contributed by atoms with Crippen molar-refractivity contribution < 1.29 is 14.3 Å². The highest BCUT2D eigenvalue weighted by Crippen LogP contribution is 2.23.